The van der Waals surface area contributed by atoms with Crippen LogP contribution in [0.2, 0.25) is 0 Å². The minimum Gasteiger partial charge on any atom is -0.508 e. The Labute approximate surface area is 139 Å². The van der Waals surface area contributed by atoms with E-state index in [0.29, 0.717) is 11.9 Å². The maximum absolute atomic E-state index is 9.51. The van der Waals surface area contributed by atoms with Crippen LogP contribution < -0.4 is 0 Å². The Morgan fingerprint density at radius 3 is 2.65 bits per heavy atom. The van der Waals surface area contributed by atoms with Crippen molar-refractivity contribution in [1.82, 2.24) is 0 Å². The third-order valence-corrected chi connectivity index (χ3v) is 4.47. The van der Waals surface area contributed by atoms with E-state index in [-0.39, 0.29) is 5.41 Å². The second-order valence-electron chi connectivity index (χ2n) is 6.30. The van der Waals surface area contributed by atoms with Gasteiger partial charge >= 0.3 is 0 Å². The van der Waals surface area contributed by atoms with Gasteiger partial charge in [-0.2, -0.15) is 0 Å². The fourth-order valence-corrected chi connectivity index (χ4v) is 3.13. The Balaban J connectivity index is 1.89. The minimum absolute atomic E-state index is 0.131. The van der Waals surface area contributed by atoms with Crippen molar-refractivity contribution in [2.24, 2.45) is 9.98 Å². The average molecular weight is 316 g/mol. The van der Waals surface area contributed by atoms with E-state index >= 15 is 0 Å². The highest BCUT2D eigenvalue weighted by molar-refractivity contribution is 5.83. The standard InChI is InChI=1S/C19H28N2O2/c1-3-23-16(2)7-5-4-6-12-19(13-20-15-21-14-19)17-8-10-18(22)11-9-17/h8-11,13,15-16,22H,3-7,12,14H2,1-2H3. The van der Waals surface area contributed by atoms with Crippen LogP contribution >= 0.6 is 0 Å². The number of phenols is 1. The van der Waals surface area contributed by atoms with Gasteiger partial charge in [0.25, 0.3) is 0 Å². The van der Waals surface area contributed by atoms with Crippen molar-refractivity contribution in [1.29, 1.82) is 0 Å². The number of ether oxygens (including phenoxy) is 1. The molecule has 2 atom stereocenters. The number of phenolic OH excluding ortho intramolecular Hbond substituents is 1. The van der Waals surface area contributed by atoms with Crippen molar-refractivity contribution < 1.29 is 9.84 Å². The molecule has 2 rings (SSSR count). The van der Waals surface area contributed by atoms with Crippen molar-refractivity contribution in [3.63, 3.8) is 0 Å². The first-order chi connectivity index (χ1) is 11.2. The van der Waals surface area contributed by atoms with E-state index in [9.17, 15) is 5.11 Å². The first-order valence-corrected chi connectivity index (χ1v) is 8.60. The molecule has 2 unspecified atom stereocenters. The van der Waals surface area contributed by atoms with E-state index in [4.69, 9.17) is 4.74 Å². The lowest BCUT2D eigenvalue weighted by molar-refractivity contribution is 0.0683. The van der Waals surface area contributed by atoms with Gasteiger partial charge < -0.3 is 9.84 Å². The van der Waals surface area contributed by atoms with Gasteiger partial charge in [-0.1, -0.05) is 31.4 Å². The van der Waals surface area contributed by atoms with Gasteiger partial charge in [-0.3, -0.25) is 4.99 Å². The third-order valence-electron chi connectivity index (χ3n) is 4.47. The van der Waals surface area contributed by atoms with Crippen molar-refractivity contribution >= 4 is 12.6 Å². The fourth-order valence-electron chi connectivity index (χ4n) is 3.13. The number of unbranched alkanes of at least 4 members (excludes halogenated alkanes) is 2. The molecule has 126 valence electrons. The number of hydrogen-bond donors (Lipinski definition) is 1. The minimum atomic E-state index is -0.131. The summed E-state index contributed by atoms with van der Waals surface area (Å²) >= 11 is 0. The molecule has 1 aliphatic heterocycles. The molecule has 0 saturated carbocycles. The van der Waals surface area contributed by atoms with E-state index < -0.39 is 0 Å². The molecule has 0 saturated heterocycles. The summed E-state index contributed by atoms with van der Waals surface area (Å²) in [7, 11) is 0. The molecule has 1 aromatic carbocycles. The molecule has 0 aromatic heterocycles. The molecule has 0 spiro atoms. The Bertz CT molecular complexity index is 525. The first kappa shape index (κ1) is 17.7. The number of aromatic hydroxyl groups is 1. The highest BCUT2D eigenvalue weighted by Gasteiger charge is 2.31. The average Bonchev–Trinajstić information content (AvgIpc) is 2.56. The summed E-state index contributed by atoms with van der Waals surface area (Å²) in [5, 5.41) is 9.51. The number of benzene rings is 1. The zero-order valence-corrected chi connectivity index (χ0v) is 14.2. The Kier molecular flexibility index (Phi) is 6.78. The summed E-state index contributed by atoms with van der Waals surface area (Å²) in [6.45, 7) is 5.71. The summed E-state index contributed by atoms with van der Waals surface area (Å²) in [6.07, 6.45) is 9.67. The Morgan fingerprint density at radius 2 is 2.00 bits per heavy atom. The van der Waals surface area contributed by atoms with Gasteiger partial charge in [0.1, 0.15) is 12.1 Å². The lowest BCUT2D eigenvalue weighted by Crippen LogP contribution is -2.33. The van der Waals surface area contributed by atoms with Crippen LogP contribution in [0.15, 0.2) is 34.3 Å². The van der Waals surface area contributed by atoms with Crippen LogP contribution in [0.3, 0.4) is 0 Å². The van der Waals surface area contributed by atoms with Crippen LogP contribution in [-0.4, -0.2) is 36.9 Å². The summed E-state index contributed by atoms with van der Waals surface area (Å²) in [6, 6.07) is 7.46. The normalized spacial score (nSPS) is 21.5. The largest absolute Gasteiger partial charge is 0.508 e. The van der Waals surface area contributed by atoms with Crippen LogP contribution in [0.4, 0.5) is 0 Å². The van der Waals surface area contributed by atoms with Crippen LogP contribution in [-0.2, 0) is 10.2 Å². The van der Waals surface area contributed by atoms with Crippen molar-refractivity contribution in [3.05, 3.63) is 29.8 Å². The summed E-state index contributed by atoms with van der Waals surface area (Å²) < 4.78 is 5.57. The summed E-state index contributed by atoms with van der Waals surface area (Å²) in [4.78, 5) is 8.66. The number of rotatable bonds is 9. The number of nitrogens with zero attached hydrogens (tertiary/aromatic N) is 2. The zero-order valence-electron chi connectivity index (χ0n) is 14.2. The molecule has 0 fully saturated rings. The highest BCUT2D eigenvalue weighted by atomic mass is 16.5. The molecule has 1 N–H and O–H groups in total. The molecule has 0 amide bonds. The molecular weight excluding hydrogens is 288 g/mol. The molecule has 0 radical (unpaired) electrons. The van der Waals surface area contributed by atoms with Gasteiger partial charge in [0.05, 0.1) is 18.1 Å². The molecule has 1 heterocycles. The predicted octanol–water partition coefficient (Wildman–Crippen LogP) is 4.12. The zero-order chi connectivity index (χ0) is 16.5. The number of aliphatic imine (C=N–C) groups is 2. The maximum atomic E-state index is 9.51. The van der Waals surface area contributed by atoms with Gasteiger partial charge in [0, 0.05) is 12.8 Å². The molecule has 4 heteroatoms. The van der Waals surface area contributed by atoms with Crippen LogP contribution in [0, 0.1) is 0 Å². The van der Waals surface area contributed by atoms with E-state index in [0.717, 1.165) is 32.4 Å². The van der Waals surface area contributed by atoms with Gasteiger partial charge in [0.15, 0.2) is 0 Å². The highest BCUT2D eigenvalue weighted by Crippen LogP contribution is 2.31. The Hall–Kier alpha value is -1.68. The molecular formula is C19H28N2O2. The maximum Gasteiger partial charge on any atom is 0.115 e. The smallest absolute Gasteiger partial charge is 0.115 e. The topological polar surface area (TPSA) is 54.2 Å². The van der Waals surface area contributed by atoms with Crippen LogP contribution in [0.1, 0.15) is 51.5 Å². The van der Waals surface area contributed by atoms with Crippen molar-refractivity contribution in [2.45, 2.75) is 57.5 Å². The predicted molar refractivity (Wildman–Crippen MR) is 95.8 cm³/mol. The van der Waals surface area contributed by atoms with E-state index in [1.165, 1.54) is 18.4 Å². The molecule has 1 aliphatic rings. The lowest BCUT2D eigenvalue weighted by atomic mass is 9.76. The quantitative estimate of drug-likeness (QED) is 0.697. The van der Waals surface area contributed by atoms with Crippen LogP contribution in [0.5, 0.6) is 5.75 Å². The van der Waals surface area contributed by atoms with Gasteiger partial charge in [0.2, 0.25) is 0 Å². The fraction of sp³-hybridized carbons (Fsp3) is 0.579. The molecule has 0 bridgehead atoms. The van der Waals surface area contributed by atoms with Crippen molar-refractivity contribution in [2.75, 3.05) is 13.2 Å². The molecule has 23 heavy (non-hydrogen) atoms. The molecule has 4 nitrogen and oxygen atoms in total. The van der Waals surface area contributed by atoms with Crippen molar-refractivity contribution in [3.8, 4) is 5.75 Å². The van der Waals surface area contributed by atoms with E-state index in [1.54, 1.807) is 18.5 Å². The third kappa shape index (κ3) is 5.17. The van der Waals surface area contributed by atoms with Crippen LogP contribution in [0.25, 0.3) is 0 Å². The second kappa shape index (κ2) is 8.82. The second-order valence-corrected chi connectivity index (χ2v) is 6.30. The van der Waals surface area contributed by atoms with Gasteiger partial charge in [-0.05, 0) is 44.4 Å². The molecule has 1 aromatic rings. The SMILES string of the molecule is CCOC(C)CCCCCC1(c2ccc(O)cc2)C=NC=NC1. The van der Waals surface area contributed by atoms with E-state index in [2.05, 4.69) is 16.9 Å². The number of hydrogen-bond acceptors (Lipinski definition) is 4. The molecule has 0 aliphatic carbocycles. The van der Waals surface area contributed by atoms with Gasteiger partial charge in [-0.25, -0.2) is 4.99 Å². The summed E-state index contributed by atoms with van der Waals surface area (Å²) in [5.74, 6) is 0.296. The van der Waals surface area contributed by atoms with E-state index in [1.807, 2.05) is 25.3 Å². The lowest BCUT2D eigenvalue weighted by Gasteiger charge is -2.30. The first-order valence-electron chi connectivity index (χ1n) is 8.60. The van der Waals surface area contributed by atoms with Gasteiger partial charge in [-0.15, -0.1) is 0 Å². The monoisotopic (exact) mass is 316 g/mol. The Morgan fingerprint density at radius 1 is 1.22 bits per heavy atom. The summed E-state index contributed by atoms with van der Waals surface area (Å²) in [5.41, 5.74) is 1.05.